The SMILES string of the molecule is CC(Nc1cc2c(cc1Cl)NC(=O)CO2)c1ccc(Br)o1. The van der Waals surface area contributed by atoms with Gasteiger partial charge in [-0.3, -0.25) is 4.79 Å². The maximum Gasteiger partial charge on any atom is 0.262 e. The summed E-state index contributed by atoms with van der Waals surface area (Å²) in [5.41, 5.74) is 1.29. The Balaban J connectivity index is 1.84. The van der Waals surface area contributed by atoms with E-state index in [0.717, 1.165) is 5.76 Å². The number of anilines is 2. The van der Waals surface area contributed by atoms with Crippen molar-refractivity contribution in [2.45, 2.75) is 13.0 Å². The van der Waals surface area contributed by atoms with Gasteiger partial charge < -0.3 is 19.8 Å². The molecule has 1 aliphatic rings. The Morgan fingerprint density at radius 1 is 1.43 bits per heavy atom. The normalized spacial score (nSPS) is 14.9. The summed E-state index contributed by atoms with van der Waals surface area (Å²) >= 11 is 9.51. The number of amides is 1. The van der Waals surface area contributed by atoms with Crippen LogP contribution in [0.1, 0.15) is 18.7 Å². The van der Waals surface area contributed by atoms with Gasteiger partial charge in [0.1, 0.15) is 11.5 Å². The third-order valence-corrected chi connectivity index (χ3v) is 3.83. The van der Waals surface area contributed by atoms with E-state index >= 15 is 0 Å². The summed E-state index contributed by atoms with van der Waals surface area (Å²) in [5.74, 6) is 1.19. The molecule has 2 N–H and O–H groups in total. The molecule has 2 aromatic rings. The van der Waals surface area contributed by atoms with Gasteiger partial charge in [0.05, 0.1) is 22.4 Å². The summed E-state index contributed by atoms with van der Waals surface area (Å²) in [6.07, 6.45) is 0. The van der Waals surface area contributed by atoms with Crippen molar-refractivity contribution in [1.29, 1.82) is 0 Å². The summed E-state index contributed by atoms with van der Waals surface area (Å²) in [5, 5.41) is 6.47. The smallest absolute Gasteiger partial charge is 0.262 e. The minimum absolute atomic E-state index is 0.00869. The second kappa shape index (κ2) is 5.61. The molecule has 0 bridgehead atoms. The number of nitrogens with one attached hydrogen (secondary N) is 2. The van der Waals surface area contributed by atoms with Gasteiger partial charge in [-0.25, -0.2) is 0 Å². The van der Waals surface area contributed by atoms with Crippen LogP contribution in [-0.2, 0) is 4.79 Å². The third-order valence-electron chi connectivity index (χ3n) is 3.09. The van der Waals surface area contributed by atoms with Crippen molar-refractivity contribution in [3.8, 4) is 5.75 Å². The van der Waals surface area contributed by atoms with Crippen LogP contribution in [0.2, 0.25) is 5.02 Å². The van der Waals surface area contributed by atoms with Gasteiger partial charge in [0.25, 0.3) is 5.91 Å². The van der Waals surface area contributed by atoms with Crippen molar-refractivity contribution in [3.05, 3.63) is 39.7 Å². The summed E-state index contributed by atoms with van der Waals surface area (Å²) in [6, 6.07) is 7.09. The van der Waals surface area contributed by atoms with E-state index in [0.29, 0.717) is 26.8 Å². The fraction of sp³-hybridized carbons (Fsp3) is 0.214. The number of ether oxygens (including phenoxy) is 1. The zero-order valence-electron chi connectivity index (χ0n) is 11.1. The maximum atomic E-state index is 11.3. The predicted octanol–water partition coefficient (Wildman–Crippen LogP) is 4.20. The fourth-order valence-electron chi connectivity index (χ4n) is 2.08. The van der Waals surface area contributed by atoms with Gasteiger partial charge in [-0.2, -0.15) is 0 Å². The van der Waals surface area contributed by atoms with Crippen LogP contribution in [0, 0.1) is 0 Å². The first-order valence-corrected chi connectivity index (χ1v) is 7.48. The number of rotatable bonds is 3. The molecule has 0 saturated heterocycles. The van der Waals surface area contributed by atoms with E-state index in [9.17, 15) is 4.79 Å². The van der Waals surface area contributed by atoms with Crippen molar-refractivity contribution < 1.29 is 13.9 Å². The number of carbonyl (C=O) groups excluding carboxylic acids is 1. The fourth-order valence-corrected chi connectivity index (χ4v) is 2.61. The Labute approximate surface area is 134 Å². The second-order valence-corrected chi connectivity index (χ2v) is 5.86. The molecule has 0 fully saturated rings. The zero-order valence-corrected chi connectivity index (χ0v) is 13.4. The average molecular weight is 372 g/mol. The number of hydrogen-bond acceptors (Lipinski definition) is 4. The van der Waals surface area contributed by atoms with Crippen LogP contribution < -0.4 is 15.4 Å². The highest BCUT2D eigenvalue weighted by Crippen LogP contribution is 2.37. The molecule has 1 unspecified atom stereocenters. The number of fused-ring (bicyclic) bond motifs is 1. The number of benzene rings is 1. The van der Waals surface area contributed by atoms with Crippen molar-refractivity contribution in [2.24, 2.45) is 0 Å². The number of hydrogen-bond donors (Lipinski definition) is 2. The Bertz CT molecular complexity index is 702. The minimum atomic E-state index is -0.187. The van der Waals surface area contributed by atoms with E-state index in [2.05, 4.69) is 26.6 Å². The van der Waals surface area contributed by atoms with E-state index in [1.165, 1.54) is 0 Å². The Kier molecular flexibility index (Phi) is 3.82. The minimum Gasteiger partial charge on any atom is -0.482 e. The summed E-state index contributed by atoms with van der Waals surface area (Å²) < 4.78 is 11.6. The van der Waals surface area contributed by atoms with E-state index < -0.39 is 0 Å². The van der Waals surface area contributed by atoms with E-state index in [1.54, 1.807) is 12.1 Å². The van der Waals surface area contributed by atoms with E-state index in [1.807, 2.05) is 19.1 Å². The first-order valence-electron chi connectivity index (χ1n) is 6.31. The highest BCUT2D eigenvalue weighted by Gasteiger charge is 2.19. The molecule has 0 saturated carbocycles. The summed E-state index contributed by atoms with van der Waals surface area (Å²) in [6.45, 7) is 1.97. The third kappa shape index (κ3) is 3.01. The summed E-state index contributed by atoms with van der Waals surface area (Å²) in [4.78, 5) is 11.3. The van der Waals surface area contributed by atoms with Crippen molar-refractivity contribution >= 4 is 44.8 Å². The van der Waals surface area contributed by atoms with Crippen LogP contribution in [0.5, 0.6) is 5.75 Å². The number of furan rings is 1. The number of carbonyl (C=O) groups is 1. The van der Waals surface area contributed by atoms with Gasteiger partial charge in [-0.1, -0.05) is 11.6 Å². The lowest BCUT2D eigenvalue weighted by Gasteiger charge is -2.21. The van der Waals surface area contributed by atoms with Crippen molar-refractivity contribution in [2.75, 3.05) is 17.2 Å². The molecule has 0 radical (unpaired) electrons. The van der Waals surface area contributed by atoms with Crippen LogP contribution >= 0.6 is 27.5 Å². The predicted molar refractivity (Wildman–Crippen MR) is 84.0 cm³/mol. The first kappa shape index (κ1) is 14.3. The highest BCUT2D eigenvalue weighted by molar-refractivity contribution is 9.10. The molecule has 7 heteroatoms. The molecular weight excluding hydrogens is 360 g/mol. The molecular formula is C14H12BrClN2O3. The zero-order chi connectivity index (χ0) is 15.0. The molecule has 21 heavy (non-hydrogen) atoms. The molecule has 1 aromatic heterocycles. The van der Waals surface area contributed by atoms with Gasteiger partial charge in [0.2, 0.25) is 0 Å². The van der Waals surface area contributed by atoms with Gasteiger partial charge in [0.15, 0.2) is 11.3 Å². The van der Waals surface area contributed by atoms with Gasteiger partial charge in [0, 0.05) is 6.07 Å². The topological polar surface area (TPSA) is 63.5 Å². The van der Waals surface area contributed by atoms with Crippen LogP contribution in [0.3, 0.4) is 0 Å². The quantitative estimate of drug-likeness (QED) is 0.849. The van der Waals surface area contributed by atoms with Crippen molar-refractivity contribution in [3.63, 3.8) is 0 Å². The van der Waals surface area contributed by atoms with Crippen LogP contribution in [0.15, 0.2) is 33.4 Å². The molecule has 3 rings (SSSR count). The molecule has 1 aliphatic heterocycles. The molecule has 5 nitrogen and oxygen atoms in total. The lowest BCUT2D eigenvalue weighted by molar-refractivity contribution is -0.118. The first-order chi connectivity index (χ1) is 10.0. The molecule has 1 amide bonds. The van der Waals surface area contributed by atoms with Gasteiger partial charge in [-0.15, -0.1) is 0 Å². The van der Waals surface area contributed by atoms with E-state index in [-0.39, 0.29) is 18.6 Å². The van der Waals surface area contributed by atoms with Crippen LogP contribution in [0.4, 0.5) is 11.4 Å². The Morgan fingerprint density at radius 2 is 2.24 bits per heavy atom. The van der Waals surface area contributed by atoms with E-state index in [4.69, 9.17) is 20.8 Å². The molecule has 110 valence electrons. The molecule has 1 atom stereocenters. The average Bonchev–Trinajstić information content (AvgIpc) is 2.86. The molecule has 1 aromatic carbocycles. The molecule has 0 spiro atoms. The Morgan fingerprint density at radius 3 is 2.95 bits per heavy atom. The molecule has 0 aliphatic carbocycles. The van der Waals surface area contributed by atoms with Gasteiger partial charge >= 0.3 is 0 Å². The Hall–Kier alpha value is -1.66. The number of halogens is 2. The van der Waals surface area contributed by atoms with Crippen LogP contribution in [0.25, 0.3) is 0 Å². The van der Waals surface area contributed by atoms with Gasteiger partial charge in [-0.05, 0) is 41.1 Å². The standard InChI is InChI=1S/C14H12BrClN2O3/c1-7(11-2-3-13(15)21-11)17-9-5-12-10(4-8(9)16)18-14(19)6-20-12/h2-5,7,17H,6H2,1H3,(H,18,19). The second-order valence-electron chi connectivity index (χ2n) is 4.67. The monoisotopic (exact) mass is 370 g/mol. The lowest BCUT2D eigenvalue weighted by atomic mass is 10.2. The van der Waals surface area contributed by atoms with Crippen LogP contribution in [-0.4, -0.2) is 12.5 Å². The summed E-state index contributed by atoms with van der Waals surface area (Å²) in [7, 11) is 0. The molecule has 2 heterocycles. The largest absolute Gasteiger partial charge is 0.482 e. The highest BCUT2D eigenvalue weighted by atomic mass is 79.9. The maximum absolute atomic E-state index is 11.3. The van der Waals surface area contributed by atoms with Crippen molar-refractivity contribution in [1.82, 2.24) is 0 Å². The lowest BCUT2D eigenvalue weighted by Crippen LogP contribution is -2.25.